The van der Waals surface area contributed by atoms with E-state index in [9.17, 15) is 4.79 Å². The monoisotopic (exact) mass is 332 g/mol. The zero-order valence-corrected chi connectivity index (χ0v) is 15.2. The molecule has 0 fully saturated rings. The molecule has 2 aromatic rings. The summed E-state index contributed by atoms with van der Waals surface area (Å²) in [5.41, 5.74) is 0.553. The maximum absolute atomic E-state index is 12.3. The zero-order chi connectivity index (χ0) is 17.5. The number of fused-ring (bicyclic) bond motifs is 1. The van der Waals surface area contributed by atoms with Gasteiger partial charge in [-0.25, -0.2) is 0 Å². The van der Waals surface area contributed by atoms with E-state index in [2.05, 4.69) is 18.7 Å². The highest BCUT2D eigenvalue weighted by Crippen LogP contribution is 2.23. The summed E-state index contributed by atoms with van der Waals surface area (Å²) < 4.78 is 11.8. The summed E-state index contributed by atoms with van der Waals surface area (Å²) in [5.74, 6) is 1.34. The predicted octanol–water partition coefficient (Wildman–Crippen LogP) is 3.36. The molecular weight excluding hydrogens is 304 g/mol. The summed E-state index contributed by atoms with van der Waals surface area (Å²) in [6.45, 7) is 13.5. The van der Waals surface area contributed by atoms with Crippen LogP contribution in [0.25, 0.3) is 11.0 Å². The predicted molar refractivity (Wildman–Crippen MR) is 99.3 cm³/mol. The van der Waals surface area contributed by atoms with Gasteiger partial charge in [0.05, 0.1) is 5.39 Å². The van der Waals surface area contributed by atoms with Gasteiger partial charge in [-0.3, -0.25) is 4.79 Å². The van der Waals surface area contributed by atoms with Crippen molar-refractivity contribution in [2.75, 3.05) is 44.2 Å². The van der Waals surface area contributed by atoms with Crippen LogP contribution in [-0.2, 0) is 0 Å². The Labute approximate surface area is 143 Å². The smallest absolute Gasteiger partial charge is 0.199 e. The summed E-state index contributed by atoms with van der Waals surface area (Å²) in [4.78, 5) is 16.6. The van der Waals surface area contributed by atoms with Crippen LogP contribution >= 0.6 is 0 Å². The van der Waals surface area contributed by atoms with Crippen LogP contribution in [0.5, 0.6) is 5.75 Å². The molecule has 5 nitrogen and oxygen atoms in total. The highest BCUT2D eigenvalue weighted by Gasteiger charge is 2.10. The SMILES string of the molecule is CCN(CC)CCOc1ccc2c(=O)cc(N(CC)CC)oc2c1. The van der Waals surface area contributed by atoms with Crippen molar-refractivity contribution < 1.29 is 9.15 Å². The third-order valence-electron chi connectivity index (χ3n) is 4.33. The minimum absolute atomic E-state index is 0.0205. The number of nitrogens with zero attached hydrogens (tertiary/aromatic N) is 2. The molecular formula is C19H28N2O3. The van der Waals surface area contributed by atoms with Gasteiger partial charge in [0.25, 0.3) is 0 Å². The molecule has 0 spiro atoms. The molecule has 1 aromatic heterocycles. The van der Waals surface area contributed by atoms with E-state index in [0.717, 1.165) is 38.5 Å². The minimum atomic E-state index is -0.0205. The summed E-state index contributed by atoms with van der Waals surface area (Å²) in [7, 11) is 0. The van der Waals surface area contributed by atoms with Gasteiger partial charge < -0.3 is 19.0 Å². The van der Waals surface area contributed by atoms with Gasteiger partial charge in [-0.15, -0.1) is 0 Å². The second kappa shape index (κ2) is 8.73. The number of benzene rings is 1. The lowest BCUT2D eigenvalue weighted by Gasteiger charge is -2.19. The third-order valence-corrected chi connectivity index (χ3v) is 4.33. The lowest BCUT2D eigenvalue weighted by Crippen LogP contribution is -2.27. The third kappa shape index (κ3) is 4.29. The van der Waals surface area contributed by atoms with Crippen molar-refractivity contribution in [3.05, 3.63) is 34.5 Å². The van der Waals surface area contributed by atoms with Crippen molar-refractivity contribution in [1.82, 2.24) is 4.90 Å². The molecule has 0 amide bonds. The molecule has 132 valence electrons. The number of hydrogen-bond donors (Lipinski definition) is 0. The van der Waals surface area contributed by atoms with E-state index in [1.807, 2.05) is 30.9 Å². The van der Waals surface area contributed by atoms with Gasteiger partial charge in [0.1, 0.15) is 17.9 Å². The number of ether oxygens (including phenoxy) is 1. The van der Waals surface area contributed by atoms with E-state index in [4.69, 9.17) is 9.15 Å². The summed E-state index contributed by atoms with van der Waals surface area (Å²) in [6.07, 6.45) is 0. The number of likely N-dealkylation sites (N-methyl/N-ethyl adjacent to an activating group) is 1. The molecule has 0 N–H and O–H groups in total. The van der Waals surface area contributed by atoms with E-state index in [-0.39, 0.29) is 5.43 Å². The van der Waals surface area contributed by atoms with Crippen LogP contribution in [0.15, 0.2) is 33.5 Å². The molecule has 0 saturated heterocycles. The van der Waals surface area contributed by atoms with Crippen LogP contribution < -0.4 is 15.1 Å². The van der Waals surface area contributed by atoms with E-state index < -0.39 is 0 Å². The van der Waals surface area contributed by atoms with Crippen LogP contribution in [0.2, 0.25) is 0 Å². The molecule has 2 rings (SSSR count). The van der Waals surface area contributed by atoms with Crippen molar-refractivity contribution in [2.45, 2.75) is 27.7 Å². The first-order chi connectivity index (χ1) is 11.6. The van der Waals surface area contributed by atoms with Crippen molar-refractivity contribution >= 4 is 16.9 Å². The Balaban J connectivity index is 2.20. The normalized spacial score (nSPS) is 11.2. The Kier molecular flexibility index (Phi) is 6.67. The molecule has 1 heterocycles. The maximum atomic E-state index is 12.3. The van der Waals surface area contributed by atoms with Gasteiger partial charge in [-0.05, 0) is 39.1 Å². The zero-order valence-electron chi connectivity index (χ0n) is 15.2. The van der Waals surface area contributed by atoms with Crippen molar-refractivity contribution in [3.63, 3.8) is 0 Å². The van der Waals surface area contributed by atoms with Crippen LogP contribution in [-0.4, -0.2) is 44.2 Å². The molecule has 0 unspecified atom stereocenters. The van der Waals surface area contributed by atoms with Crippen molar-refractivity contribution in [1.29, 1.82) is 0 Å². The van der Waals surface area contributed by atoms with Gasteiger partial charge in [-0.2, -0.15) is 0 Å². The lowest BCUT2D eigenvalue weighted by atomic mass is 10.2. The van der Waals surface area contributed by atoms with Gasteiger partial charge in [0.2, 0.25) is 0 Å². The number of hydrogen-bond acceptors (Lipinski definition) is 5. The van der Waals surface area contributed by atoms with Gasteiger partial charge in [0.15, 0.2) is 11.3 Å². The fourth-order valence-electron chi connectivity index (χ4n) is 2.74. The van der Waals surface area contributed by atoms with Crippen LogP contribution in [0.4, 0.5) is 5.88 Å². The van der Waals surface area contributed by atoms with Crippen LogP contribution in [0.1, 0.15) is 27.7 Å². The van der Waals surface area contributed by atoms with Gasteiger partial charge in [0, 0.05) is 31.8 Å². The number of rotatable bonds is 9. The topological polar surface area (TPSA) is 45.9 Å². The Morgan fingerprint density at radius 1 is 1.00 bits per heavy atom. The maximum Gasteiger partial charge on any atom is 0.199 e. The standard InChI is InChI=1S/C19H28N2O3/c1-5-20(6-2)11-12-23-15-9-10-16-17(22)14-19(21(7-3)8-4)24-18(16)13-15/h9-10,13-14H,5-8,11-12H2,1-4H3. The van der Waals surface area contributed by atoms with Crippen molar-refractivity contribution in [2.24, 2.45) is 0 Å². The van der Waals surface area contributed by atoms with Gasteiger partial charge >= 0.3 is 0 Å². The van der Waals surface area contributed by atoms with Crippen LogP contribution in [0, 0.1) is 0 Å². The van der Waals surface area contributed by atoms with E-state index >= 15 is 0 Å². The number of anilines is 1. The molecule has 5 heteroatoms. The Morgan fingerprint density at radius 3 is 2.33 bits per heavy atom. The molecule has 0 radical (unpaired) electrons. The molecule has 0 aliphatic rings. The first-order valence-electron chi connectivity index (χ1n) is 8.80. The van der Waals surface area contributed by atoms with E-state index in [1.54, 1.807) is 12.1 Å². The summed E-state index contributed by atoms with van der Waals surface area (Å²) in [5, 5.41) is 0.585. The molecule has 0 bridgehead atoms. The molecule has 0 atom stereocenters. The highest BCUT2D eigenvalue weighted by atomic mass is 16.5. The Morgan fingerprint density at radius 2 is 1.71 bits per heavy atom. The Bertz CT molecular complexity index is 703. The largest absolute Gasteiger partial charge is 0.492 e. The second-order valence-corrected chi connectivity index (χ2v) is 5.65. The minimum Gasteiger partial charge on any atom is -0.492 e. The fraction of sp³-hybridized carbons (Fsp3) is 0.526. The molecule has 0 saturated carbocycles. The average Bonchev–Trinajstić information content (AvgIpc) is 2.59. The summed E-state index contributed by atoms with van der Waals surface area (Å²) >= 11 is 0. The lowest BCUT2D eigenvalue weighted by molar-refractivity contribution is 0.223. The van der Waals surface area contributed by atoms with Crippen molar-refractivity contribution in [3.8, 4) is 5.75 Å². The molecule has 0 aliphatic heterocycles. The van der Waals surface area contributed by atoms with Crippen LogP contribution in [0.3, 0.4) is 0 Å². The second-order valence-electron chi connectivity index (χ2n) is 5.65. The quantitative estimate of drug-likeness (QED) is 0.704. The Hall–Kier alpha value is -2.01. The van der Waals surface area contributed by atoms with E-state index in [1.165, 1.54) is 0 Å². The molecule has 1 aromatic carbocycles. The first kappa shape index (κ1) is 18.3. The summed E-state index contributed by atoms with van der Waals surface area (Å²) in [6, 6.07) is 6.99. The molecule has 24 heavy (non-hydrogen) atoms. The van der Waals surface area contributed by atoms with E-state index in [0.29, 0.717) is 23.5 Å². The molecule has 0 aliphatic carbocycles. The first-order valence-corrected chi connectivity index (χ1v) is 8.80. The van der Waals surface area contributed by atoms with Gasteiger partial charge in [-0.1, -0.05) is 13.8 Å². The average molecular weight is 332 g/mol. The highest BCUT2D eigenvalue weighted by molar-refractivity contribution is 5.79. The fourth-order valence-corrected chi connectivity index (χ4v) is 2.74.